The predicted molar refractivity (Wildman–Crippen MR) is 62.5 cm³/mol. The van der Waals surface area contributed by atoms with Crippen molar-refractivity contribution < 1.29 is 4.79 Å². The molecular formula is C13H17NO. The van der Waals surface area contributed by atoms with E-state index in [4.69, 9.17) is 0 Å². The van der Waals surface area contributed by atoms with Crippen LogP contribution < -0.4 is 4.90 Å². The molecule has 1 aliphatic heterocycles. The molecule has 0 bridgehead atoms. The lowest BCUT2D eigenvalue weighted by molar-refractivity contribution is -0.108. The summed E-state index contributed by atoms with van der Waals surface area (Å²) in [6, 6.07) is 6.58. The molecule has 0 saturated heterocycles. The van der Waals surface area contributed by atoms with Gasteiger partial charge in [-0.2, -0.15) is 0 Å². The molecule has 1 heterocycles. The maximum Gasteiger partial charge on any atom is 0.120 e. The third-order valence-corrected chi connectivity index (χ3v) is 3.25. The molecule has 0 aliphatic carbocycles. The average molecular weight is 203 g/mol. The first-order valence-electron chi connectivity index (χ1n) is 5.50. The van der Waals surface area contributed by atoms with Crippen LogP contribution in [0, 0.1) is 0 Å². The lowest BCUT2D eigenvalue weighted by Crippen LogP contribution is -2.12. The number of carbonyl (C=O) groups excluding carboxylic acids is 1. The number of anilines is 1. The lowest BCUT2D eigenvalue weighted by Gasteiger charge is -2.14. The summed E-state index contributed by atoms with van der Waals surface area (Å²) < 4.78 is 0. The predicted octanol–water partition coefficient (Wildman–Crippen LogP) is 2.37. The number of fused-ring (bicyclic) bond motifs is 1. The van der Waals surface area contributed by atoms with Gasteiger partial charge in [0.25, 0.3) is 0 Å². The van der Waals surface area contributed by atoms with E-state index in [0.717, 1.165) is 19.3 Å². The van der Waals surface area contributed by atoms with Crippen molar-refractivity contribution in [3.05, 3.63) is 29.3 Å². The molecule has 0 N–H and O–H groups in total. The third kappa shape index (κ3) is 1.89. The Bertz CT molecular complexity index is 373. The van der Waals surface area contributed by atoms with E-state index in [2.05, 4.69) is 37.1 Å². The largest absolute Gasteiger partial charge is 0.374 e. The van der Waals surface area contributed by atoms with E-state index in [1.165, 1.54) is 16.8 Å². The molecule has 1 aliphatic rings. The van der Waals surface area contributed by atoms with Gasteiger partial charge in [-0.1, -0.05) is 19.1 Å². The highest BCUT2D eigenvalue weighted by Gasteiger charge is 2.16. The molecule has 1 aromatic rings. The van der Waals surface area contributed by atoms with Crippen LogP contribution in [0.3, 0.4) is 0 Å². The molecule has 2 nitrogen and oxygen atoms in total. The minimum atomic E-state index is 0.346. The van der Waals surface area contributed by atoms with Gasteiger partial charge in [0.1, 0.15) is 6.29 Å². The van der Waals surface area contributed by atoms with E-state index in [0.29, 0.717) is 12.3 Å². The topological polar surface area (TPSA) is 20.3 Å². The van der Waals surface area contributed by atoms with Crippen molar-refractivity contribution in [3.8, 4) is 0 Å². The molecule has 0 spiro atoms. The normalized spacial score (nSPS) is 16.3. The van der Waals surface area contributed by atoms with E-state index in [-0.39, 0.29) is 0 Å². The lowest BCUT2D eigenvalue weighted by atomic mass is 9.96. The van der Waals surface area contributed by atoms with Crippen LogP contribution in [-0.2, 0) is 11.2 Å². The summed E-state index contributed by atoms with van der Waals surface area (Å²) in [6.07, 6.45) is 2.76. The molecule has 0 saturated carbocycles. The van der Waals surface area contributed by atoms with Gasteiger partial charge in [-0.3, -0.25) is 0 Å². The highest BCUT2D eigenvalue weighted by Crippen LogP contribution is 2.30. The first-order chi connectivity index (χ1) is 7.22. The van der Waals surface area contributed by atoms with Gasteiger partial charge in [-0.25, -0.2) is 0 Å². The van der Waals surface area contributed by atoms with Crippen LogP contribution in [0.15, 0.2) is 18.2 Å². The molecule has 1 atom stereocenters. The first kappa shape index (κ1) is 10.2. The second kappa shape index (κ2) is 4.05. The smallest absolute Gasteiger partial charge is 0.120 e. The van der Waals surface area contributed by atoms with Crippen LogP contribution in [-0.4, -0.2) is 19.9 Å². The molecule has 0 fully saturated rings. The van der Waals surface area contributed by atoms with Gasteiger partial charge in [-0.05, 0) is 29.5 Å². The van der Waals surface area contributed by atoms with E-state index >= 15 is 0 Å². The van der Waals surface area contributed by atoms with Gasteiger partial charge in [0.05, 0.1) is 0 Å². The zero-order valence-electron chi connectivity index (χ0n) is 9.36. The molecule has 2 heteroatoms. The molecule has 0 amide bonds. The standard InChI is InChI=1S/C13H17NO/c1-10(6-8-15)11-3-4-13-12(9-11)5-7-14(13)2/h3-4,8-10H,5-7H2,1-2H3. The monoisotopic (exact) mass is 203 g/mol. The van der Waals surface area contributed by atoms with Crippen molar-refractivity contribution in [2.45, 2.75) is 25.7 Å². The minimum Gasteiger partial charge on any atom is -0.374 e. The van der Waals surface area contributed by atoms with Crippen LogP contribution in [0.1, 0.15) is 30.4 Å². The van der Waals surface area contributed by atoms with Crippen molar-refractivity contribution in [2.24, 2.45) is 0 Å². The van der Waals surface area contributed by atoms with Gasteiger partial charge in [0.15, 0.2) is 0 Å². The summed E-state index contributed by atoms with van der Waals surface area (Å²) in [5.41, 5.74) is 4.06. The first-order valence-corrected chi connectivity index (χ1v) is 5.50. The van der Waals surface area contributed by atoms with Gasteiger partial charge < -0.3 is 9.69 Å². The van der Waals surface area contributed by atoms with E-state index in [1.807, 2.05) is 0 Å². The third-order valence-electron chi connectivity index (χ3n) is 3.25. The molecule has 0 radical (unpaired) electrons. The second-order valence-electron chi connectivity index (χ2n) is 4.36. The Labute approximate surface area is 90.9 Å². The molecule has 0 aromatic heterocycles. The van der Waals surface area contributed by atoms with Crippen LogP contribution in [0.5, 0.6) is 0 Å². The van der Waals surface area contributed by atoms with Crippen molar-refractivity contribution >= 4 is 12.0 Å². The fourth-order valence-corrected chi connectivity index (χ4v) is 2.17. The Morgan fingerprint density at radius 2 is 2.33 bits per heavy atom. The van der Waals surface area contributed by atoms with Crippen molar-refractivity contribution in [1.82, 2.24) is 0 Å². The SMILES string of the molecule is CC(CC=O)c1ccc2c(c1)CCN2C. The Kier molecular flexibility index (Phi) is 2.76. The maximum atomic E-state index is 10.5. The molecule has 1 unspecified atom stereocenters. The van der Waals surface area contributed by atoms with E-state index in [9.17, 15) is 4.79 Å². The van der Waals surface area contributed by atoms with Gasteiger partial charge in [-0.15, -0.1) is 0 Å². The summed E-state index contributed by atoms with van der Waals surface area (Å²) >= 11 is 0. The van der Waals surface area contributed by atoms with E-state index < -0.39 is 0 Å². The van der Waals surface area contributed by atoms with Crippen LogP contribution in [0.2, 0.25) is 0 Å². The van der Waals surface area contributed by atoms with Gasteiger partial charge in [0, 0.05) is 25.7 Å². The summed E-state index contributed by atoms with van der Waals surface area (Å²) in [5, 5.41) is 0. The fourth-order valence-electron chi connectivity index (χ4n) is 2.17. The number of likely N-dealkylation sites (N-methyl/N-ethyl adjacent to an activating group) is 1. The zero-order chi connectivity index (χ0) is 10.8. The van der Waals surface area contributed by atoms with Gasteiger partial charge in [0.2, 0.25) is 0 Å². The van der Waals surface area contributed by atoms with Crippen LogP contribution in [0.25, 0.3) is 0 Å². The Balaban J connectivity index is 2.26. The number of nitrogens with zero attached hydrogens (tertiary/aromatic N) is 1. The molecule has 2 rings (SSSR count). The number of rotatable bonds is 3. The van der Waals surface area contributed by atoms with E-state index in [1.54, 1.807) is 0 Å². The second-order valence-corrected chi connectivity index (χ2v) is 4.36. The van der Waals surface area contributed by atoms with Crippen molar-refractivity contribution in [2.75, 3.05) is 18.5 Å². The highest BCUT2D eigenvalue weighted by atomic mass is 16.1. The maximum absolute atomic E-state index is 10.5. The Morgan fingerprint density at radius 1 is 1.53 bits per heavy atom. The molecule has 15 heavy (non-hydrogen) atoms. The van der Waals surface area contributed by atoms with Gasteiger partial charge >= 0.3 is 0 Å². The van der Waals surface area contributed by atoms with Crippen LogP contribution in [0.4, 0.5) is 5.69 Å². The number of benzene rings is 1. The molecule has 1 aromatic carbocycles. The average Bonchev–Trinajstić information content (AvgIpc) is 2.60. The Morgan fingerprint density at radius 3 is 3.07 bits per heavy atom. The summed E-state index contributed by atoms with van der Waals surface area (Å²) in [6.45, 7) is 3.22. The van der Waals surface area contributed by atoms with Crippen LogP contribution >= 0.6 is 0 Å². The number of aldehydes is 1. The summed E-state index contributed by atoms with van der Waals surface area (Å²) in [5.74, 6) is 0.346. The summed E-state index contributed by atoms with van der Waals surface area (Å²) in [7, 11) is 2.13. The highest BCUT2D eigenvalue weighted by molar-refractivity contribution is 5.59. The van der Waals surface area contributed by atoms with Crippen molar-refractivity contribution in [3.63, 3.8) is 0 Å². The molecule has 80 valence electrons. The quantitative estimate of drug-likeness (QED) is 0.703. The number of hydrogen-bond donors (Lipinski definition) is 0. The Hall–Kier alpha value is -1.31. The number of carbonyl (C=O) groups is 1. The zero-order valence-corrected chi connectivity index (χ0v) is 9.36. The van der Waals surface area contributed by atoms with Crippen molar-refractivity contribution in [1.29, 1.82) is 0 Å². The summed E-state index contributed by atoms with van der Waals surface area (Å²) in [4.78, 5) is 12.7. The fraction of sp³-hybridized carbons (Fsp3) is 0.462. The number of hydrogen-bond acceptors (Lipinski definition) is 2. The molecular weight excluding hydrogens is 186 g/mol. The minimum absolute atomic E-state index is 0.346.